The first-order valence-electron chi connectivity index (χ1n) is 6.21. The molecule has 0 aliphatic heterocycles. The fourth-order valence-corrected chi connectivity index (χ4v) is 1.69. The smallest absolute Gasteiger partial charge is 0.338 e. The van der Waals surface area contributed by atoms with E-state index in [-0.39, 0.29) is 34.5 Å². The highest BCUT2D eigenvalue weighted by Gasteiger charge is 2.14. The van der Waals surface area contributed by atoms with Crippen LogP contribution in [0.1, 0.15) is 29.6 Å². The van der Waals surface area contributed by atoms with Crippen molar-refractivity contribution in [3.05, 3.63) is 29.0 Å². The molecule has 0 unspecified atom stereocenters. The van der Waals surface area contributed by atoms with E-state index in [2.05, 4.69) is 9.79 Å². The van der Waals surface area contributed by atoms with Crippen molar-refractivity contribution in [3.8, 4) is 0 Å². The quantitative estimate of drug-likeness (QED) is 0.258. The van der Waals surface area contributed by atoms with Crippen LogP contribution in [0.3, 0.4) is 0 Å². The summed E-state index contributed by atoms with van der Waals surface area (Å²) in [5, 5.41) is 22.9. The van der Waals surface area contributed by atoms with Gasteiger partial charge in [-0.25, -0.2) is 10.3 Å². The molecule has 0 bridgehead atoms. The SMILES string of the molecule is O=C(CCCCOC(=O)c1ccc2c(c1)no[n+]2[O-])NO. The van der Waals surface area contributed by atoms with E-state index in [9.17, 15) is 14.8 Å². The van der Waals surface area contributed by atoms with Crippen LogP contribution >= 0.6 is 0 Å². The molecule has 0 aliphatic carbocycles. The molecule has 1 heterocycles. The first-order valence-corrected chi connectivity index (χ1v) is 6.21. The number of nitrogens with zero attached hydrogens (tertiary/aromatic N) is 2. The largest absolute Gasteiger partial charge is 0.462 e. The lowest BCUT2D eigenvalue weighted by atomic mass is 10.2. The third-order valence-electron chi connectivity index (χ3n) is 2.78. The van der Waals surface area contributed by atoms with Gasteiger partial charge < -0.3 is 9.94 Å². The number of nitrogens with one attached hydrogen (secondary N) is 1. The molecule has 2 aromatic rings. The zero-order chi connectivity index (χ0) is 15.2. The van der Waals surface area contributed by atoms with Crippen LogP contribution in [0.25, 0.3) is 11.0 Å². The van der Waals surface area contributed by atoms with Crippen LogP contribution in [-0.2, 0) is 9.53 Å². The van der Waals surface area contributed by atoms with Crippen LogP contribution < -0.4 is 10.4 Å². The van der Waals surface area contributed by atoms with Crippen LogP contribution in [0.5, 0.6) is 0 Å². The molecule has 1 aromatic carbocycles. The van der Waals surface area contributed by atoms with E-state index >= 15 is 0 Å². The van der Waals surface area contributed by atoms with Crippen LogP contribution in [0.2, 0.25) is 0 Å². The number of ether oxygens (including phenoxy) is 1. The van der Waals surface area contributed by atoms with Crippen molar-refractivity contribution in [2.45, 2.75) is 19.3 Å². The Morgan fingerprint density at radius 2 is 2.24 bits per heavy atom. The Kier molecular flexibility index (Phi) is 4.67. The topological polar surface area (TPSA) is 129 Å². The number of carbonyl (C=O) groups is 2. The van der Waals surface area contributed by atoms with Gasteiger partial charge in [-0.3, -0.25) is 14.6 Å². The molecule has 0 saturated heterocycles. The second-order valence-corrected chi connectivity index (χ2v) is 4.26. The lowest BCUT2D eigenvalue weighted by Crippen LogP contribution is -2.22. The van der Waals surface area contributed by atoms with E-state index < -0.39 is 11.9 Å². The molecular weight excluding hydrogens is 282 g/mol. The molecule has 9 nitrogen and oxygen atoms in total. The van der Waals surface area contributed by atoms with E-state index in [4.69, 9.17) is 9.94 Å². The molecular formula is C12H13N3O6. The Morgan fingerprint density at radius 3 is 3.00 bits per heavy atom. The fourth-order valence-electron chi connectivity index (χ4n) is 1.69. The van der Waals surface area contributed by atoms with E-state index in [1.165, 1.54) is 23.7 Å². The van der Waals surface area contributed by atoms with E-state index in [1.807, 2.05) is 0 Å². The summed E-state index contributed by atoms with van der Waals surface area (Å²) in [5.41, 5.74) is 2.26. The first kappa shape index (κ1) is 14.7. The van der Waals surface area contributed by atoms with Gasteiger partial charge in [0.1, 0.15) is 0 Å². The van der Waals surface area contributed by atoms with Gasteiger partial charge in [-0.1, -0.05) is 0 Å². The summed E-state index contributed by atoms with van der Waals surface area (Å²) in [4.78, 5) is 22.8. The minimum atomic E-state index is -0.552. The molecule has 0 fully saturated rings. The number of hydrogen-bond donors (Lipinski definition) is 2. The summed E-state index contributed by atoms with van der Waals surface area (Å²) in [6.45, 7) is 0.149. The van der Waals surface area contributed by atoms with Crippen molar-refractivity contribution in [2.75, 3.05) is 6.61 Å². The lowest BCUT2D eigenvalue weighted by Gasteiger charge is -2.04. The van der Waals surface area contributed by atoms with Crippen molar-refractivity contribution >= 4 is 22.9 Å². The highest BCUT2D eigenvalue weighted by atomic mass is 16.8. The maximum atomic E-state index is 11.8. The van der Waals surface area contributed by atoms with Crippen molar-refractivity contribution in [1.29, 1.82) is 0 Å². The van der Waals surface area contributed by atoms with Crippen molar-refractivity contribution in [1.82, 2.24) is 10.6 Å². The van der Waals surface area contributed by atoms with Crippen LogP contribution in [0.15, 0.2) is 22.8 Å². The van der Waals surface area contributed by atoms with Crippen molar-refractivity contribution < 1.29 is 29.1 Å². The zero-order valence-electron chi connectivity index (χ0n) is 10.9. The van der Waals surface area contributed by atoms with E-state index in [1.54, 1.807) is 0 Å². The summed E-state index contributed by atoms with van der Waals surface area (Å²) in [6, 6.07) is 4.26. The fraction of sp³-hybridized carbons (Fsp3) is 0.333. The normalized spacial score (nSPS) is 10.5. The van der Waals surface area contributed by atoms with Crippen molar-refractivity contribution in [3.63, 3.8) is 0 Å². The van der Waals surface area contributed by atoms with Crippen LogP contribution in [0.4, 0.5) is 0 Å². The predicted molar refractivity (Wildman–Crippen MR) is 67.0 cm³/mol. The summed E-state index contributed by atoms with van der Waals surface area (Å²) in [7, 11) is 0. The maximum absolute atomic E-state index is 11.8. The Balaban J connectivity index is 1.83. The Bertz CT molecular complexity index is 653. The summed E-state index contributed by atoms with van der Waals surface area (Å²) in [6.07, 6.45) is 1.13. The molecule has 2 N–H and O–H groups in total. The number of fused-ring (bicyclic) bond motifs is 1. The number of hydrogen-bond acceptors (Lipinski definition) is 7. The molecule has 0 aliphatic rings. The lowest BCUT2D eigenvalue weighted by molar-refractivity contribution is -0.782. The number of rotatable bonds is 6. The molecule has 0 saturated carbocycles. The third-order valence-corrected chi connectivity index (χ3v) is 2.78. The third kappa shape index (κ3) is 3.66. The molecule has 9 heteroatoms. The average Bonchev–Trinajstić information content (AvgIpc) is 2.87. The highest BCUT2D eigenvalue weighted by Crippen LogP contribution is 2.11. The van der Waals surface area contributed by atoms with Gasteiger partial charge in [0.15, 0.2) is 0 Å². The predicted octanol–water partition coefficient (Wildman–Crippen LogP) is 0.294. The highest BCUT2D eigenvalue weighted by molar-refractivity contribution is 5.92. The molecule has 0 atom stereocenters. The number of hydroxylamine groups is 1. The standard InChI is InChI=1S/C12H13N3O6/c16-11(13-18)3-1-2-6-20-12(17)8-4-5-10-9(7-8)14-21-15(10)19/h4-5,7,18H,1-3,6H2,(H,13,16). The van der Waals surface area contributed by atoms with Gasteiger partial charge in [0.2, 0.25) is 16.9 Å². The maximum Gasteiger partial charge on any atom is 0.338 e. The second kappa shape index (κ2) is 6.66. The average molecular weight is 295 g/mol. The van der Waals surface area contributed by atoms with Crippen molar-refractivity contribution in [2.24, 2.45) is 0 Å². The van der Waals surface area contributed by atoms with Gasteiger partial charge in [0.25, 0.3) is 0 Å². The van der Waals surface area contributed by atoms with Gasteiger partial charge >= 0.3 is 5.97 Å². The molecule has 21 heavy (non-hydrogen) atoms. The number of benzene rings is 1. The van der Waals surface area contributed by atoms with Crippen LogP contribution in [0, 0.1) is 5.21 Å². The minimum absolute atomic E-state index is 0.149. The van der Waals surface area contributed by atoms with Gasteiger partial charge in [-0.2, -0.15) is 0 Å². The monoisotopic (exact) mass is 295 g/mol. The first-order chi connectivity index (χ1) is 10.1. The summed E-state index contributed by atoms with van der Waals surface area (Å²) < 4.78 is 9.42. The van der Waals surface area contributed by atoms with Gasteiger partial charge in [0.05, 0.1) is 12.2 Å². The molecule has 1 aromatic heterocycles. The van der Waals surface area contributed by atoms with Gasteiger partial charge in [-0.15, -0.1) is 0 Å². The molecule has 1 amide bonds. The zero-order valence-corrected chi connectivity index (χ0v) is 10.9. The number of esters is 1. The Morgan fingerprint density at radius 1 is 1.43 bits per heavy atom. The summed E-state index contributed by atoms with van der Waals surface area (Å²) >= 11 is 0. The van der Waals surface area contributed by atoms with Gasteiger partial charge in [0, 0.05) is 17.6 Å². The van der Waals surface area contributed by atoms with Crippen LogP contribution in [-0.4, -0.2) is 28.8 Å². The van der Waals surface area contributed by atoms with E-state index in [0.29, 0.717) is 12.8 Å². The molecule has 0 spiro atoms. The second-order valence-electron chi connectivity index (χ2n) is 4.26. The Labute approximate surface area is 118 Å². The van der Waals surface area contributed by atoms with E-state index in [0.717, 1.165) is 0 Å². The number of amides is 1. The number of aromatic nitrogens is 2. The molecule has 2 rings (SSSR count). The summed E-state index contributed by atoms with van der Waals surface area (Å²) in [5.74, 6) is -1.03. The minimum Gasteiger partial charge on any atom is -0.462 e. The molecule has 112 valence electrons. The number of unbranched alkanes of at least 4 members (excludes halogenated alkanes) is 1. The number of carbonyl (C=O) groups excluding carboxylic acids is 2. The molecule has 0 radical (unpaired) electrons. The van der Waals surface area contributed by atoms with Gasteiger partial charge in [-0.05, 0) is 29.9 Å². The Hall–Kier alpha value is -2.68.